The van der Waals surface area contributed by atoms with E-state index >= 15 is 0 Å². The summed E-state index contributed by atoms with van der Waals surface area (Å²) in [5.41, 5.74) is 5.73. The molecule has 0 radical (unpaired) electrons. The summed E-state index contributed by atoms with van der Waals surface area (Å²) in [5.74, 6) is 0.365. The molecule has 1 rings (SSSR count). The molecule has 0 aliphatic heterocycles. The van der Waals surface area contributed by atoms with Gasteiger partial charge in [0.1, 0.15) is 17.7 Å². The Morgan fingerprint density at radius 1 is 1.41 bits per heavy atom. The molecule has 0 aliphatic carbocycles. The van der Waals surface area contributed by atoms with Crippen LogP contribution >= 0.6 is 22.6 Å². The third-order valence-electron chi connectivity index (χ3n) is 2.29. The second-order valence-electron chi connectivity index (χ2n) is 3.82. The van der Waals surface area contributed by atoms with E-state index in [0.717, 1.165) is 6.61 Å². The van der Waals surface area contributed by atoms with Crippen molar-refractivity contribution in [2.24, 2.45) is 5.73 Å². The van der Waals surface area contributed by atoms with E-state index in [0.29, 0.717) is 28.0 Å². The van der Waals surface area contributed by atoms with Crippen LogP contribution in [0.25, 0.3) is 6.08 Å². The van der Waals surface area contributed by atoms with Crippen molar-refractivity contribution in [3.05, 3.63) is 26.8 Å². The van der Waals surface area contributed by atoms with Gasteiger partial charge in [0.25, 0.3) is 0 Å². The molecular weight excluding hydrogens is 397 g/mol. The number of nitrogens with zero attached hydrogens (tertiary/aromatic N) is 2. The molecule has 0 aromatic heterocycles. The highest BCUT2D eigenvalue weighted by Gasteiger charge is 2.07. The maximum atomic E-state index is 9.59. The minimum Gasteiger partial charge on any atom is -0.504 e. The van der Waals surface area contributed by atoms with Crippen LogP contribution in [0.15, 0.2) is 17.7 Å². The molecule has 0 saturated heterocycles. The van der Waals surface area contributed by atoms with Crippen LogP contribution < -0.4 is 10.5 Å². The fraction of sp³-hybridized carbons (Fsp3) is 0.333. The number of rotatable bonds is 5. The maximum Gasteiger partial charge on any atom is 0.171 e. The van der Waals surface area contributed by atoms with Crippen molar-refractivity contribution in [1.29, 1.82) is 10.5 Å². The van der Waals surface area contributed by atoms with Crippen molar-refractivity contribution in [3.63, 3.8) is 0 Å². The van der Waals surface area contributed by atoms with Gasteiger partial charge in [-0.2, -0.15) is 10.5 Å². The Bertz CT molecular complexity index is 569. The molecule has 22 heavy (non-hydrogen) atoms. The predicted molar refractivity (Wildman–Crippen MR) is 92.1 cm³/mol. The second-order valence-corrected chi connectivity index (χ2v) is 4.98. The number of allylic oxidation sites excluding steroid dienone is 1. The molecule has 0 unspecified atom stereocenters. The number of nitrogens with two attached hydrogens (primary N) is 1. The van der Waals surface area contributed by atoms with Gasteiger partial charge in [0, 0.05) is 13.2 Å². The van der Waals surface area contributed by atoms with Crippen LogP contribution in [0.1, 0.15) is 12.5 Å². The number of phenols is 1. The first kappa shape index (κ1) is 20.2. The molecule has 0 fully saturated rings. The molecule has 6 nitrogen and oxygen atoms in total. The molecule has 1 aromatic carbocycles. The highest BCUT2D eigenvalue weighted by molar-refractivity contribution is 14.1. The summed E-state index contributed by atoms with van der Waals surface area (Å²) in [5, 5.41) is 26.8. The summed E-state index contributed by atoms with van der Waals surface area (Å²) in [7, 11) is 1.44. The number of hydrogen-bond acceptors (Lipinski definition) is 6. The van der Waals surface area contributed by atoms with E-state index in [4.69, 9.17) is 25.7 Å². The van der Waals surface area contributed by atoms with E-state index in [9.17, 15) is 5.11 Å². The van der Waals surface area contributed by atoms with Crippen molar-refractivity contribution < 1.29 is 14.6 Å². The van der Waals surface area contributed by atoms with Crippen molar-refractivity contribution in [3.8, 4) is 23.6 Å². The summed E-state index contributed by atoms with van der Waals surface area (Å²) in [6.07, 6.45) is 1.43. The van der Waals surface area contributed by atoms with Gasteiger partial charge >= 0.3 is 0 Å². The Kier molecular flexibility index (Phi) is 10.8. The van der Waals surface area contributed by atoms with Crippen LogP contribution in [-0.2, 0) is 4.74 Å². The number of methoxy groups -OCH3 is 1. The molecule has 1 aromatic rings. The quantitative estimate of drug-likeness (QED) is 0.434. The van der Waals surface area contributed by atoms with Crippen LogP contribution in [0.4, 0.5) is 0 Å². The van der Waals surface area contributed by atoms with Gasteiger partial charge in [-0.1, -0.05) is 0 Å². The molecule has 0 atom stereocenters. The Hall–Kier alpha value is -1.81. The van der Waals surface area contributed by atoms with Crippen LogP contribution in [0.3, 0.4) is 0 Å². The minimum atomic E-state index is 0.00328. The van der Waals surface area contributed by atoms with E-state index in [1.54, 1.807) is 24.3 Å². The summed E-state index contributed by atoms with van der Waals surface area (Å²) in [6, 6.07) is 6.75. The predicted octanol–water partition coefficient (Wildman–Crippen LogP) is 2.42. The van der Waals surface area contributed by atoms with Crippen molar-refractivity contribution in [2.75, 3.05) is 26.9 Å². The first-order valence-corrected chi connectivity index (χ1v) is 7.48. The molecular formula is C15H18IN3O3. The van der Waals surface area contributed by atoms with E-state index in [1.807, 2.05) is 29.5 Å². The van der Waals surface area contributed by atoms with E-state index in [-0.39, 0.29) is 11.3 Å². The maximum absolute atomic E-state index is 9.59. The molecule has 0 bridgehead atoms. The lowest BCUT2D eigenvalue weighted by Crippen LogP contribution is -2.07. The average Bonchev–Trinajstić information content (AvgIpc) is 2.54. The molecule has 0 saturated carbocycles. The topological polar surface area (TPSA) is 112 Å². The number of phenolic OH excluding ortho intramolecular Hbond substituents is 1. The zero-order chi connectivity index (χ0) is 17.0. The standard InChI is InChI=1S/C11H7IN2O2.C4H11NO/c1-16-10-4-7(2-8(5-13)6-14)3-9(12)11(10)15;1-2-6-4-3-5/h2-4,15H,1H3;2-5H2,1H3. The first-order valence-electron chi connectivity index (χ1n) is 6.40. The highest BCUT2D eigenvalue weighted by Crippen LogP contribution is 2.32. The summed E-state index contributed by atoms with van der Waals surface area (Å²) >= 11 is 1.94. The lowest BCUT2D eigenvalue weighted by molar-refractivity contribution is 0.155. The van der Waals surface area contributed by atoms with Crippen LogP contribution in [0, 0.1) is 26.2 Å². The van der Waals surface area contributed by atoms with Crippen molar-refractivity contribution in [2.45, 2.75) is 6.92 Å². The van der Waals surface area contributed by atoms with Crippen molar-refractivity contribution >= 4 is 28.7 Å². The van der Waals surface area contributed by atoms with E-state index in [2.05, 4.69) is 0 Å². The number of halogens is 1. The van der Waals surface area contributed by atoms with Gasteiger partial charge in [0.05, 0.1) is 17.3 Å². The van der Waals surface area contributed by atoms with Crippen LogP contribution in [0.5, 0.6) is 11.5 Å². The largest absolute Gasteiger partial charge is 0.504 e. The smallest absolute Gasteiger partial charge is 0.171 e. The average molecular weight is 415 g/mol. The van der Waals surface area contributed by atoms with E-state index < -0.39 is 0 Å². The van der Waals surface area contributed by atoms with E-state index in [1.165, 1.54) is 13.2 Å². The third-order valence-corrected chi connectivity index (χ3v) is 3.11. The minimum absolute atomic E-state index is 0.00328. The number of aromatic hydroxyl groups is 1. The zero-order valence-corrected chi connectivity index (χ0v) is 14.6. The lowest BCUT2D eigenvalue weighted by Gasteiger charge is -2.06. The van der Waals surface area contributed by atoms with Gasteiger partial charge in [-0.05, 0) is 53.3 Å². The normalized spacial score (nSPS) is 8.82. The van der Waals surface area contributed by atoms with Crippen molar-refractivity contribution in [1.82, 2.24) is 0 Å². The molecule has 0 aliphatic rings. The molecule has 0 heterocycles. The Labute approximate surface area is 143 Å². The third kappa shape index (κ3) is 7.27. The number of hydrogen-bond donors (Lipinski definition) is 2. The Morgan fingerprint density at radius 2 is 2.05 bits per heavy atom. The molecule has 118 valence electrons. The number of ether oxygens (including phenoxy) is 2. The summed E-state index contributed by atoms with van der Waals surface area (Å²) < 4.78 is 10.4. The monoisotopic (exact) mass is 415 g/mol. The summed E-state index contributed by atoms with van der Waals surface area (Å²) in [4.78, 5) is 0. The highest BCUT2D eigenvalue weighted by atomic mass is 127. The SMILES string of the molecule is CCOCCN.COc1cc(C=C(C#N)C#N)cc(I)c1O. The molecule has 0 amide bonds. The Balaban J connectivity index is 0.000000626. The molecule has 0 spiro atoms. The number of nitriles is 2. The van der Waals surface area contributed by atoms with Gasteiger partial charge in [0.2, 0.25) is 0 Å². The first-order chi connectivity index (χ1) is 10.5. The fourth-order valence-corrected chi connectivity index (χ4v) is 1.94. The van der Waals surface area contributed by atoms with Gasteiger partial charge < -0.3 is 20.3 Å². The van der Waals surface area contributed by atoms with Gasteiger partial charge in [-0.15, -0.1) is 0 Å². The fourth-order valence-electron chi connectivity index (χ4n) is 1.32. The zero-order valence-electron chi connectivity index (χ0n) is 12.5. The van der Waals surface area contributed by atoms with Crippen LogP contribution in [0.2, 0.25) is 0 Å². The van der Waals surface area contributed by atoms with Crippen LogP contribution in [-0.4, -0.2) is 32.0 Å². The number of benzene rings is 1. The Morgan fingerprint density at radius 3 is 2.45 bits per heavy atom. The van der Waals surface area contributed by atoms with Gasteiger partial charge in [-0.3, -0.25) is 0 Å². The molecule has 3 N–H and O–H groups in total. The summed E-state index contributed by atoms with van der Waals surface area (Å²) in [6.45, 7) is 4.05. The van der Waals surface area contributed by atoms with Gasteiger partial charge in [-0.25, -0.2) is 0 Å². The molecule has 7 heteroatoms. The van der Waals surface area contributed by atoms with Gasteiger partial charge in [0.15, 0.2) is 11.5 Å². The lowest BCUT2D eigenvalue weighted by atomic mass is 10.1. The second kappa shape index (κ2) is 11.8.